The minimum Gasteiger partial charge on any atom is -0.469 e. The molecular weight excluding hydrogens is 154 g/mol. The van der Waals surface area contributed by atoms with Gasteiger partial charge in [0, 0.05) is 6.42 Å². The Morgan fingerprint density at radius 2 is 2.20 bits per heavy atom. The van der Waals surface area contributed by atoms with Crippen LogP contribution in [0.15, 0.2) is 0 Å². The quantitative estimate of drug-likeness (QED) is 0.626. The standard InChI is InChI=1S/C6H13NO2.ClH/c1-5(4-7)3-6(8)9-2;/h5H,3-4,7H2,1-2H3;1H. The van der Waals surface area contributed by atoms with Crippen LogP contribution in [0.1, 0.15) is 13.3 Å². The number of halogens is 1. The molecule has 0 aliphatic heterocycles. The van der Waals surface area contributed by atoms with Crippen molar-refractivity contribution in [3.8, 4) is 0 Å². The molecule has 0 saturated carbocycles. The highest BCUT2D eigenvalue weighted by molar-refractivity contribution is 5.85. The van der Waals surface area contributed by atoms with Gasteiger partial charge < -0.3 is 10.5 Å². The van der Waals surface area contributed by atoms with Crippen molar-refractivity contribution < 1.29 is 9.53 Å². The third-order valence-electron chi connectivity index (χ3n) is 1.15. The van der Waals surface area contributed by atoms with Crippen LogP contribution in [-0.2, 0) is 9.53 Å². The predicted molar refractivity (Wildman–Crippen MR) is 42.1 cm³/mol. The number of carbonyl (C=O) groups excluding carboxylic acids is 1. The summed E-state index contributed by atoms with van der Waals surface area (Å²) in [4.78, 5) is 10.5. The Morgan fingerprint density at radius 1 is 1.70 bits per heavy atom. The van der Waals surface area contributed by atoms with Crippen molar-refractivity contribution in [1.29, 1.82) is 0 Å². The van der Waals surface area contributed by atoms with Crippen molar-refractivity contribution in [2.75, 3.05) is 13.7 Å². The Labute approximate surface area is 67.3 Å². The van der Waals surface area contributed by atoms with Gasteiger partial charge in [-0.05, 0) is 12.5 Å². The first-order chi connectivity index (χ1) is 4.20. The fourth-order valence-corrected chi connectivity index (χ4v) is 0.451. The van der Waals surface area contributed by atoms with Gasteiger partial charge in [0.2, 0.25) is 0 Å². The van der Waals surface area contributed by atoms with E-state index in [2.05, 4.69) is 4.74 Å². The highest BCUT2D eigenvalue weighted by Gasteiger charge is 2.05. The predicted octanol–water partition coefficient (Wildman–Crippen LogP) is 0.566. The molecule has 0 aromatic rings. The summed E-state index contributed by atoms with van der Waals surface area (Å²) in [5.74, 6) is 0.0467. The van der Waals surface area contributed by atoms with Gasteiger partial charge in [0.25, 0.3) is 0 Å². The molecule has 0 aromatic heterocycles. The molecule has 3 nitrogen and oxygen atoms in total. The number of ether oxygens (including phenoxy) is 1. The van der Waals surface area contributed by atoms with E-state index < -0.39 is 0 Å². The fourth-order valence-electron chi connectivity index (χ4n) is 0.451. The zero-order valence-electron chi connectivity index (χ0n) is 6.29. The normalized spacial score (nSPS) is 11.5. The molecule has 1 atom stereocenters. The van der Waals surface area contributed by atoms with Crippen LogP contribution in [0.3, 0.4) is 0 Å². The topological polar surface area (TPSA) is 52.3 Å². The van der Waals surface area contributed by atoms with E-state index in [1.165, 1.54) is 7.11 Å². The second-order valence-electron chi connectivity index (χ2n) is 2.12. The lowest BCUT2D eigenvalue weighted by Crippen LogP contribution is -2.15. The molecule has 0 bridgehead atoms. The summed E-state index contributed by atoms with van der Waals surface area (Å²) in [6.07, 6.45) is 0.424. The van der Waals surface area contributed by atoms with Gasteiger partial charge in [0.05, 0.1) is 7.11 Å². The largest absolute Gasteiger partial charge is 0.469 e. The van der Waals surface area contributed by atoms with Crippen molar-refractivity contribution in [3.05, 3.63) is 0 Å². The van der Waals surface area contributed by atoms with E-state index in [4.69, 9.17) is 5.73 Å². The van der Waals surface area contributed by atoms with E-state index in [-0.39, 0.29) is 24.3 Å². The average Bonchev–Trinajstić information content (AvgIpc) is 1.87. The van der Waals surface area contributed by atoms with Gasteiger partial charge in [-0.25, -0.2) is 0 Å². The molecule has 0 aliphatic rings. The van der Waals surface area contributed by atoms with Crippen molar-refractivity contribution >= 4 is 18.4 Å². The maximum atomic E-state index is 10.5. The summed E-state index contributed by atoms with van der Waals surface area (Å²) in [5.41, 5.74) is 5.27. The van der Waals surface area contributed by atoms with E-state index in [1.807, 2.05) is 6.92 Å². The van der Waals surface area contributed by atoms with Crippen LogP contribution >= 0.6 is 12.4 Å². The zero-order chi connectivity index (χ0) is 7.28. The van der Waals surface area contributed by atoms with Gasteiger partial charge in [0.1, 0.15) is 0 Å². The molecule has 0 heterocycles. The molecule has 0 spiro atoms. The van der Waals surface area contributed by atoms with Gasteiger partial charge in [-0.3, -0.25) is 4.79 Å². The summed E-state index contributed by atoms with van der Waals surface area (Å²) in [7, 11) is 1.38. The van der Waals surface area contributed by atoms with Crippen LogP contribution in [-0.4, -0.2) is 19.6 Å². The lowest BCUT2D eigenvalue weighted by Gasteiger charge is -2.04. The molecule has 0 fully saturated rings. The van der Waals surface area contributed by atoms with E-state index in [0.717, 1.165) is 0 Å². The van der Waals surface area contributed by atoms with Crippen molar-refractivity contribution in [3.63, 3.8) is 0 Å². The van der Waals surface area contributed by atoms with Crippen LogP contribution in [0.25, 0.3) is 0 Å². The maximum Gasteiger partial charge on any atom is 0.305 e. The molecule has 0 aromatic carbocycles. The third kappa shape index (κ3) is 5.85. The Kier molecular flexibility index (Phi) is 8.48. The van der Waals surface area contributed by atoms with Gasteiger partial charge in [-0.1, -0.05) is 6.92 Å². The molecule has 0 aliphatic carbocycles. The van der Waals surface area contributed by atoms with E-state index in [1.54, 1.807) is 0 Å². The van der Waals surface area contributed by atoms with Crippen LogP contribution in [0.4, 0.5) is 0 Å². The van der Waals surface area contributed by atoms with Crippen molar-refractivity contribution in [2.24, 2.45) is 11.7 Å². The number of rotatable bonds is 3. The number of carbonyl (C=O) groups is 1. The van der Waals surface area contributed by atoms with Crippen LogP contribution in [0.5, 0.6) is 0 Å². The second-order valence-corrected chi connectivity index (χ2v) is 2.12. The molecule has 10 heavy (non-hydrogen) atoms. The molecule has 0 radical (unpaired) electrons. The van der Waals surface area contributed by atoms with Crippen LogP contribution in [0.2, 0.25) is 0 Å². The molecular formula is C6H14ClNO2. The van der Waals surface area contributed by atoms with Crippen LogP contribution < -0.4 is 5.73 Å². The number of esters is 1. The van der Waals surface area contributed by atoms with Gasteiger partial charge >= 0.3 is 5.97 Å². The van der Waals surface area contributed by atoms with Crippen LogP contribution in [0, 0.1) is 5.92 Å². The van der Waals surface area contributed by atoms with Gasteiger partial charge in [0.15, 0.2) is 0 Å². The lowest BCUT2D eigenvalue weighted by molar-refractivity contribution is -0.141. The Balaban J connectivity index is 0. The van der Waals surface area contributed by atoms with Gasteiger partial charge in [-0.15, -0.1) is 12.4 Å². The molecule has 4 heteroatoms. The maximum absolute atomic E-state index is 10.5. The first kappa shape index (κ1) is 12.4. The SMILES string of the molecule is COC(=O)CC(C)CN.Cl. The Bertz CT molecular complexity index is 97.7. The monoisotopic (exact) mass is 167 g/mol. The van der Waals surface area contributed by atoms with E-state index >= 15 is 0 Å². The lowest BCUT2D eigenvalue weighted by atomic mass is 10.1. The molecule has 0 amide bonds. The first-order valence-corrected chi connectivity index (χ1v) is 2.97. The molecule has 1 unspecified atom stereocenters. The Hall–Kier alpha value is -0.280. The molecule has 0 saturated heterocycles. The average molecular weight is 168 g/mol. The minimum atomic E-state index is -0.187. The molecule has 62 valence electrons. The summed E-state index contributed by atoms with van der Waals surface area (Å²) >= 11 is 0. The zero-order valence-corrected chi connectivity index (χ0v) is 7.11. The summed E-state index contributed by atoms with van der Waals surface area (Å²) in [6, 6.07) is 0. The van der Waals surface area contributed by atoms with E-state index in [9.17, 15) is 4.79 Å². The Morgan fingerprint density at radius 3 is 2.50 bits per heavy atom. The van der Waals surface area contributed by atoms with E-state index in [0.29, 0.717) is 13.0 Å². The smallest absolute Gasteiger partial charge is 0.305 e. The summed E-state index contributed by atoms with van der Waals surface area (Å²) in [6.45, 7) is 2.45. The molecule has 0 rings (SSSR count). The summed E-state index contributed by atoms with van der Waals surface area (Å²) in [5, 5.41) is 0. The minimum absolute atomic E-state index is 0. The molecule has 2 N–H and O–H groups in total. The van der Waals surface area contributed by atoms with Crippen molar-refractivity contribution in [2.45, 2.75) is 13.3 Å². The van der Waals surface area contributed by atoms with Crippen molar-refractivity contribution in [1.82, 2.24) is 0 Å². The summed E-state index contributed by atoms with van der Waals surface area (Å²) < 4.78 is 4.43. The van der Waals surface area contributed by atoms with Gasteiger partial charge in [-0.2, -0.15) is 0 Å². The number of nitrogens with two attached hydrogens (primary N) is 1. The fraction of sp³-hybridized carbons (Fsp3) is 0.833. The third-order valence-corrected chi connectivity index (χ3v) is 1.15. The first-order valence-electron chi connectivity index (χ1n) is 2.97. The highest BCUT2D eigenvalue weighted by Crippen LogP contribution is 1.98. The number of methoxy groups -OCH3 is 1. The number of hydrogen-bond acceptors (Lipinski definition) is 3. The highest BCUT2D eigenvalue weighted by atomic mass is 35.5. The number of hydrogen-bond donors (Lipinski definition) is 1. The second kappa shape index (κ2) is 6.83.